The predicted octanol–water partition coefficient (Wildman–Crippen LogP) is 3.42. The van der Waals surface area contributed by atoms with Gasteiger partial charge in [-0.2, -0.15) is 0 Å². The Balaban J connectivity index is 1.20. The molecule has 1 saturated heterocycles. The van der Waals surface area contributed by atoms with Crippen LogP contribution < -0.4 is 14.8 Å². The number of benzene rings is 2. The van der Waals surface area contributed by atoms with E-state index >= 15 is 0 Å². The fourth-order valence-electron chi connectivity index (χ4n) is 3.73. The molecule has 0 spiro atoms. The van der Waals surface area contributed by atoms with Gasteiger partial charge in [-0.05, 0) is 50.0 Å². The molecule has 1 fully saturated rings. The molecule has 4 heteroatoms. The standard InChI is InChI=1S/C21H26N2O2/c1-2-5-18(6-3-1)15-23-11-9-17(10-12-23)13-22-14-19-7-4-8-20-21(19)25-16-24-20/h1-8,17,22H,9-16H2. The highest BCUT2D eigenvalue weighted by Gasteiger charge is 2.20. The van der Waals surface area contributed by atoms with Crippen molar-refractivity contribution in [3.05, 3.63) is 59.7 Å². The van der Waals surface area contributed by atoms with Crippen molar-refractivity contribution in [3.63, 3.8) is 0 Å². The first-order valence-corrected chi connectivity index (χ1v) is 9.23. The summed E-state index contributed by atoms with van der Waals surface area (Å²) in [6, 6.07) is 16.9. The quantitative estimate of drug-likeness (QED) is 0.875. The summed E-state index contributed by atoms with van der Waals surface area (Å²) in [6.07, 6.45) is 2.54. The molecular formula is C21H26N2O2. The maximum Gasteiger partial charge on any atom is 0.231 e. The van der Waals surface area contributed by atoms with Gasteiger partial charge in [0.05, 0.1) is 0 Å². The van der Waals surface area contributed by atoms with E-state index in [1.807, 2.05) is 12.1 Å². The van der Waals surface area contributed by atoms with Crippen LogP contribution >= 0.6 is 0 Å². The number of hydrogen-bond acceptors (Lipinski definition) is 4. The number of rotatable bonds is 6. The topological polar surface area (TPSA) is 33.7 Å². The van der Waals surface area contributed by atoms with Crippen molar-refractivity contribution in [1.82, 2.24) is 10.2 Å². The summed E-state index contributed by atoms with van der Waals surface area (Å²) in [5.74, 6) is 2.54. The first kappa shape index (κ1) is 16.4. The largest absolute Gasteiger partial charge is 0.454 e. The highest BCUT2D eigenvalue weighted by molar-refractivity contribution is 5.48. The number of nitrogens with one attached hydrogen (secondary N) is 1. The van der Waals surface area contributed by atoms with E-state index in [1.165, 1.54) is 37.1 Å². The van der Waals surface area contributed by atoms with Gasteiger partial charge in [-0.25, -0.2) is 0 Å². The van der Waals surface area contributed by atoms with Crippen LogP contribution in [0, 0.1) is 5.92 Å². The Bertz CT molecular complexity index is 682. The molecule has 0 aromatic heterocycles. The molecule has 4 rings (SSSR count). The Morgan fingerprint density at radius 1 is 0.960 bits per heavy atom. The van der Waals surface area contributed by atoms with Crippen LogP contribution in [-0.2, 0) is 13.1 Å². The lowest BCUT2D eigenvalue weighted by Gasteiger charge is -2.32. The van der Waals surface area contributed by atoms with E-state index in [9.17, 15) is 0 Å². The van der Waals surface area contributed by atoms with Gasteiger partial charge in [0.15, 0.2) is 11.5 Å². The maximum absolute atomic E-state index is 5.57. The smallest absolute Gasteiger partial charge is 0.231 e. The average Bonchev–Trinajstić information content (AvgIpc) is 3.14. The maximum atomic E-state index is 5.57. The highest BCUT2D eigenvalue weighted by Crippen LogP contribution is 2.35. The summed E-state index contributed by atoms with van der Waals surface area (Å²) in [4.78, 5) is 2.57. The minimum absolute atomic E-state index is 0.340. The Kier molecular flexibility index (Phi) is 5.19. The fourth-order valence-corrected chi connectivity index (χ4v) is 3.73. The van der Waals surface area contributed by atoms with Gasteiger partial charge in [-0.1, -0.05) is 42.5 Å². The molecule has 2 aromatic carbocycles. The van der Waals surface area contributed by atoms with Crippen LogP contribution in [0.25, 0.3) is 0 Å². The number of ether oxygens (including phenoxy) is 2. The number of nitrogens with zero attached hydrogens (tertiary/aromatic N) is 1. The molecule has 132 valence electrons. The minimum Gasteiger partial charge on any atom is -0.454 e. The third-order valence-electron chi connectivity index (χ3n) is 5.18. The van der Waals surface area contributed by atoms with Crippen LogP contribution in [0.2, 0.25) is 0 Å². The van der Waals surface area contributed by atoms with Gasteiger partial charge in [0.25, 0.3) is 0 Å². The first-order chi connectivity index (χ1) is 12.4. The summed E-state index contributed by atoms with van der Waals surface area (Å²) >= 11 is 0. The number of fused-ring (bicyclic) bond motifs is 1. The molecular weight excluding hydrogens is 312 g/mol. The van der Waals surface area contributed by atoms with Crippen molar-refractivity contribution in [2.45, 2.75) is 25.9 Å². The van der Waals surface area contributed by atoms with Crippen molar-refractivity contribution in [2.24, 2.45) is 5.92 Å². The Labute approximate surface area is 149 Å². The van der Waals surface area contributed by atoms with Crippen molar-refractivity contribution < 1.29 is 9.47 Å². The lowest BCUT2D eigenvalue weighted by molar-refractivity contribution is 0.172. The molecule has 0 radical (unpaired) electrons. The second-order valence-corrected chi connectivity index (χ2v) is 6.99. The Morgan fingerprint density at radius 3 is 2.64 bits per heavy atom. The van der Waals surface area contributed by atoms with Crippen molar-refractivity contribution in [3.8, 4) is 11.5 Å². The second-order valence-electron chi connectivity index (χ2n) is 6.99. The molecule has 2 heterocycles. The molecule has 0 atom stereocenters. The number of likely N-dealkylation sites (tertiary alicyclic amines) is 1. The zero-order valence-corrected chi connectivity index (χ0v) is 14.6. The Hall–Kier alpha value is -2.04. The van der Waals surface area contributed by atoms with Crippen molar-refractivity contribution in [2.75, 3.05) is 26.4 Å². The van der Waals surface area contributed by atoms with Crippen LogP contribution in [0.3, 0.4) is 0 Å². The van der Waals surface area contributed by atoms with Gasteiger partial charge in [0.1, 0.15) is 0 Å². The van der Waals surface area contributed by atoms with E-state index in [-0.39, 0.29) is 0 Å². The lowest BCUT2D eigenvalue weighted by Crippen LogP contribution is -2.36. The van der Waals surface area contributed by atoms with Crippen LogP contribution in [0.1, 0.15) is 24.0 Å². The monoisotopic (exact) mass is 338 g/mol. The van der Waals surface area contributed by atoms with Gasteiger partial charge in [0.2, 0.25) is 6.79 Å². The molecule has 2 aliphatic heterocycles. The highest BCUT2D eigenvalue weighted by atomic mass is 16.7. The van der Waals surface area contributed by atoms with E-state index in [2.05, 4.69) is 46.6 Å². The average molecular weight is 338 g/mol. The molecule has 25 heavy (non-hydrogen) atoms. The van der Waals surface area contributed by atoms with Gasteiger partial charge in [-0.15, -0.1) is 0 Å². The third-order valence-corrected chi connectivity index (χ3v) is 5.18. The zero-order chi connectivity index (χ0) is 16.9. The molecule has 2 aliphatic rings. The summed E-state index contributed by atoms with van der Waals surface area (Å²) in [6.45, 7) is 5.72. The van der Waals surface area contributed by atoms with E-state index in [4.69, 9.17) is 9.47 Å². The summed E-state index contributed by atoms with van der Waals surface area (Å²) in [5, 5.41) is 3.61. The fraction of sp³-hybridized carbons (Fsp3) is 0.429. The third kappa shape index (κ3) is 4.14. The van der Waals surface area contributed by atoms with Gasteiger partial charge < -0.3 is 14.8 Å². The van der Waals surface area contributed by atoms with Crippen molar-refractivity contribution in [1.29, 1.82) is 0 Å². The first-order valence-electron chi connectivity index (χ1n) is 9.23. The predicted molar refractivity (Wildman–Crippen MR) is 98.7 cm³/mol. The lowest BCUT2D eigenvalue weighted by atomic mass is 9.96. The molecule has 1 N–H and O–H groups in total. The summed E-state index contributed by atoms with van der Waals surface area (Å²) < 4.78 is 11.0. The molecule has 0 bridgehead atoms. The zero-order valence-electron chi connectivity index (χ0n) is 14.6. The van der Waals surface area contributed by atoms with Gasteiger partial charge in [0, 0.05) is 18.7 Å². The van der Waals surface area contributed by atoms with Crippen molar-refractivity contribution >= 4 is 0 Å². The molecule has 0 amide bonds. The van der Waals surface area contributed by atoms with E-state index in [0.29, 0.717) is 6.79 Å². The summed E-state index contributed by atoms with van der Waals surface area (Å²) in [5.41, 5.74) is 2.61. The van der Waals surface area contributed by atoms with Crippen LogP contribution in [0.5, 0.6) is 11.5 Å². The molecule has 0 unspecified atom stereocenters. The molecule has 0 aliphatic carbocycles. The number of piperidine rings is 1. The van der Waals surface area contributed by atoms with Crippen LogP contribution in [0.4, 0.5) is 0 Å². The van der Waals surface area contributed by atoms with Crippen LogP contribution in [-0.4, -0.2) is 31.3 Å². The minimum atomic E-state index is 0.340. The van der Waals surface area contributed by atoms with Gasteiger partial charge in [-0.3, -0.25) is 4.90 Å². The second kappa shape index (κ2) is 7.89. The molecule has 2 aromatic rings. The van der Waals surface area contributed by atoms with E-state index < -0.39 is 0 Å². The molecule has 0 saturated carbocycles. The van der Waals surface area contributed by atoms with E-state index in [1.54, 1.807) is 0 Å². The van der Waals surface area contributed by atoms with Crippen LogP contribution in [0.15, 0.2) is 48.5 Å². The number of hydrogen-bond donors (Lipinski definition) is 1. The van der Waals surface area contributed by atoms with Gasteiger partial charge >= 0.3 is 0 Å². The SMILES string of the molecule is c1ccc(CN2CCC(CNCc3cccc4c3OCO4)CC2)cc1. The normalized spacial score (nSPS) is 17.8. The summed E-state index contributed by atoms with van der Waals surface area (Å²) in [7, 11) is 0. The Morgan fingerprint density at radius 2 is 1.80 bits per heavy atom. The molecule has 4 nitrogen and oxygen atoms in total. The number of para-hydroxylation sites is 1. The van der Waals surface area contributed by atoms with E-state index in [0.717, 1.165) is 37.1 Å².